The zero-order chi connectivity index (χ0) is 23.7. The van der Waals surface area contributed by atoms with Crippen LogP contribution in [-0.4, -0.2) is 45.0 Å². The molecule has 0 spiro atoms. The molecule has 0 unspecified atom stereocenters. The van der Waals surface area contributed by atoms with Crippen LogP contribution in [0.5, 0.6) is 0 Å². The molecule has 2 fully saturated rings. The quantitative estimate of drug-likeness (QED) is 0.289. The zero-order valence-electron chi connectivity index (χ0n) is 18.1. The van der Waals surface area contributed by atoms with Crippen molar-refractivity contribution in [3.8, 4) is 0 Å². The highest BCUT2D eigenvalue weighted by Gasteiger charge is 2.52. The van der Waals surface area contributed by atoms with Gasteiger partial charge in [-0.25, -0.2) is 5.01 Å². The fraction of sp³-hybridized carbons (Fsp3) is 0.333. The van der Waals surface area contributed by atoms with E-state index in [4.69, 9.17) is 0 Å². The predicted molar refractivity (Wildman–Crippen MR) is 117 cm³/mol. The molecule has 3 amide bonds. The SMILES string of the molecule is Cc1ccc(C(=O)CN(C(=O)c2ccccc2[N+](=O)[O-])N2C(=O)[C@H]3CCCC[C@@H]3C2=O)cc1. The Morgan fingerprint density at radius 3 is 2.15 bits per heavy atom. The van der Waals surface area contributed by atoms with Gasteiger partial charge in [-0.3, -0.25) is 29.3 Å². The van der Waals surface area contributed by atoms with Gasteiger partial charge in [0.05, 0.1) is 16.8 Å². The van der Waals surface area contributed by atoms with Crippen LogP contribution in [0.15, 0.2) is 48.5 Å². The molecule has 0 radical (unpaired) electrons. The lowest BCUT2D eigenvalue weighted by atomic mass is 9.81. The minimum atomic E-state index is -0.942. The van der Waals surface area contributed by atoms with Gasteiger partial charge in [-0.1, -0.05) is 54.8 Å². The average Bonchev–Trinajstić information content (AvgIpc) is 3.07. The Bertz CT molecular complexity index is 1120. The third-order valence-electron chi connectivity index (χ3n) is 6.29. The summed E-state index contributed by atoms with van der Waals surface area (Å²) in [4.78, 5) is 63.7. The molecule has 2 aliphatic rings. The Morgan fingerprint density at radius 2 is 1.58 bits per heavy atom. The van der Waals surface area contributed by atoms with E-state index < -0.39 is 52.5 Å². The number of amides is 3. The Labute approximate surface area is 190 Å². The molecule has 170 valence electrons. The van der Waals surface area contributed by atoms with Crippen LogP contribution in [0.25, 0.3) is 0 Å². The second kappa shape index (κ2) is 8.93. The summed E-state index contributed by atoms with van der Waals surface area (Å²) in [7, 11) is 0. The number of rotatable bonds is 6. The first-order valence-electron chi connectivity index (χ1n) is 10.8. The lowest BCUT2D eigenvalue weighted by Gasteiger charge is -2.30. The van der Waals surface area contributed by atoms with E-state index in [-0.39, 0.29) is 5.56 Å². The normalized spacial score (nSPS) is 19.8. The van der Waals surface area contributed by atoms with Gasteiger partial charge < -0.3 is 0 Å². The number of imide groups is 1. The molecule has 9 nitrogen and oxygen atoms in total. The van der Waals surface area contributed by atoms with E-state index in [9.17, 15) is 29.3 Å². The molecule has 1 aliphatic heterocycles. The Balaban J connectivity index is 1.74. The van der Waals surface area contributed by atoms with Gasteiger partial charge in [0.25, 0.3) is 23.4 Å². The van der Waals surface area contributed by atoms with Crippen molar-refractivity contribution in [2.75, 3.05) is 6.54 Å². The van der Waals surface area contributed by atoms with Gasteiger partial charge in [-0.15, -0.1) is 0 Å². The molecule has 2 aromatic rings. The van der Waals surface area contributed by atoms with Crippen molar-refractivity contribution in [2.45, 2.75) is 32.6 Å². The van der Waals surface area contributed by atoms with Gasteiger partial charge in [0.1, 0.15) is 12.1 Å². The first-order chi connectivity index (χ1) is 15.8. The maximum Gasteiger partial charge on any atom is 0.282 e. The molecule has 0 bridgehead atoms. The van der Waals surface area contributed by atoms with Crippen LogP contribution >= 0.6 is 0 Å². The van der Waals surface area contributed by atoms with E-state index in [2.05, 4.69) is 0 Å². The van der Waals surface area contributed by atoms with E-state index in [1.54, 1.807) is 24.3 Å². The van der Waals surface area contributed by atoms with Gasteiger partial charge in [0.2, 0.25) is 0 Å². The lowest BCUT2D eigenvalue weighted by Crippen LogP contribution is -2.52. The third-order valence-corrected chi connectivity index (χ3v) is 6.29. The summed E-state index contributed by atoms with van der Waals surface area (Å²) in [6, 6.07) is 12.0. The van der Waals surface area contributed by atoms with Crippen molar-refractivity contribution in [3.05, 3.63) is 75.3 Å². The minimum Gasteiger partial charge on any atom is -0.292 e. The monoisotopic (exact) mass is 449 g/mol. The van der Waals surface area contributed by atoms with E-state index in [0.717, 1.165) is 28.4 Å². The van der Waals surface area contributed by atoms with Crippen molar-refractivity contribution in [1.29, 1.82) is 0 Å². The van der Waals surface area contributed by atoms with E-state index in [1.807, 2.05) is 6.92 Å². The number of hydrazine groups is 1. The van der Waals surface area contributed by atoms with Crippen LogP contribution < -0.4 is 0 Å². The summed E-state index contributed by atoms with van der Waals surface area (Å²) in [5.41, 5.74) is 0.479. The van der Waals surface area contributed by atoms with E-state index in [0.29, 0.717) is 18.4 Å². The molecule has 0 aromatic heterocycles. The second-order valence-electron chi connectivity index (χ2n) is 8.41. The number of ketones is 1. The number of benzene rings is 2. The lowest BCUT2D eigenvalue weighted by molar-refractivity contribution is -0.385. The largest absolute Gasteiger partial charge is 0.292 e. The van der Waals surface area contributed by atoms with Crippen molar-refractivity contribution in [1.82, 2.24) is 10.0 Å². The average molecular weight is 449 g/mol. The van der Waals surface area contributed by atoms with Crippen LogP contribution in [0, 0.1) is 28.9 Å². The molecule has 0 N–H and O–H groups in total. The number of hydrogen-bond acceptors (Lipinski definition) is 6. The van der Waals surface area contributed by atoms with Gasteiger partial charge >= 0.3 is 0 Å². The molecule has 2 aromatic carbocycles. The number of para-hydroxylation sites is 1. The molecule has 1 saturated carbocycles. The van der Waals surface area contributed by atoms with E-state index >= 15 is 0 Å². The number of carbonyl (C=O) groups excluding carboxylic acids is 4. The Kier molecular flexibility index (Phi) is 6.04. The summed E-state index contributed by atoms with van der Waals surface area (Å²) in [6.07, 6.45) is 2.67. The number of nitrogens with zero attached hydrogens (tertiary/aromatic N) is 3. The molecule has 33 heavy (non-hydrogen) atoms. The highest BCUT2D eigenvalue weighted by molar-refractivity contribution is 6.10. The van der Waals surface area contributed by atoms with E-state index in [1.165, 1.54) is 24.3 Å². The maximum atomic E-state index is 13.5. The topological polar surface area (TPSA) is 118 Å². The highest BCUT2D eigenvalue weighted by Crippen LogP contribution is 2.39. The van der Waals surface area contributed by atoms with Gasteiger partial charge in [-0.05, 0) is 25.8 Å². The molecular formula is C24H23N3O6. The molecule has 9 heteroatoms. The number of Topliss-reactive ketones (excluding diaryl/α,β-unsaturated/α-hetero) is 1. The Hall–Kier alpha value is -3.88. The summed E-state index contributed by atoms with van der Waals surface area (Å²) >= 11 is 0. The molecule has 1 heterocycles. The Morgan fingerprint density at radius 1 is 1.00 bits per heavy atom. The maximum absolute atomic E-state index is 13.5. The molecule has 1 aliphatic carbocycles. The smallest absolute Gasteiger partial charge is 0.282 e. The first-order valence-corrected chi connectivity index (χ1v) is 10.8. The van der Waals surface area contributed by atoms with Crippen LogP contribution in [0.4, 0.5) is 5.69 Å². The number of hydrogen-bond donors (Lipinski definition) is 0. The van der Waals surface area contributed by atoms with Gasteiger partial charge in [0.15, 0.2) is 5.78 Å². The van der Waals surface area contributed by atoms with Crippen LogP contribution in [-0.2, 0) is 9.59 Å². The number of nitro groups is 1. The van der Waals surface area contributed by atoms with Crippen molar-refractivity contribution < 1.29 is 24.1 Å². The summed E-state index contributed by atoms with van der Waals surface area (Å²) in [5, 5.41) is 13.0. The standard InChI is InChI=1S/C24H23N3O6/c1-15-10-12-16(13-11-15)21(28)14-25(22(29)19-8-4-5-9-20(19)27(32)33)26-23(30)17-6-2-3-7-18(17)24(26)31/h4-5,8-13,17-18H,2-3,6-7,14H2,1H3/t17-,18-/m0/s1. The number of aryl methyl sites for hydroxylation is 1. The second-order valence-corrected chi connectivity index (χ2v) is 8.41. The highest BCUT2D eigenvalue weighted by atomic mass is 16.6. The third kappa shape index (κ3) is 4.13. The molecule has 1 saturated heterocycles. The fourth-order valence-electron chi connectivity index (χ4n) is 4.54. The summed E-state index contributed by atoms with van der Waals surface area (Å²) in [5.74, 6) is -3.58. The fourth-order valence-corrected chi connectivity index (χ4v) is 4.54. The predicted octanol–water partition coefficient (Wildman–Crippen LogP) is 3.32. The molecule has 2 atom stereocenters. The van der Waals surface area contributed by atoms with Crippen molar-refractivity contribution in [3.63, 3.8) is 0 Å². The van der Waals surface area contributed by atoms with Crippen LogP contribution in [0.2, 0.25) is 0 Å². The zero-order valence-corrected chi connectivity index (χ0v) is 18.1. The summed E-state index contributed by atoms with van der Waals surface area (Å²) in [6.45, 7) is 1.27. The van der Waals surface area contributed by atoms with Crippen LogP contribution in [0.3, 0.4) is 0 Å². The minimum absolute atomic E-state index is 0.297. The summed E-state index contributed by atoms with van der Waals surface area (Å²) < 4.78 is 0. The van der Waals surface area contributed by atoms with Gasteiger partial charge in [-0.2, -0.15) is 5.01 Å². The van der Waals surface area contributed by atoms with Gasteiger partial charge in [0, 0.05) is 11.6 Å². The number of carbonyl (C=O) groups is 4. The van der Waals surface area contributed by atoms with Crippen molar-refractivity contribution >= 4 is 29.2 Å². The van der Waals surface area contributed by atoms with Crippen molar-refractivity contribution in [2.24, 2.45) is 11.8 Å². The molecular weight excluding hydrogens is 426 g/mol. The first kappa shape index (κ1) is 22.3. The number of nitro benzene ring substituents is 1. The van der Waals surface area contributed by atoms with Crippen LogP contribution in [0.1, 0.15) is 52.0 Å². The number of fused-ring (bicyclic) bond motifs is 1. The molecule has 4 rings (SSSR count).